The van der Waals surface area contributed by atoms with Gasteiger partial charge in [-0.15, -0.1) is 10.2 Å². The average Bonchev–Trinajstić information content (AvgIpc) is 3.47. The first kappa shape index (κ1) is 23.7. The highest BCUT2D eigenvalue weighted by molar-refractivity contribution is 7.99. The van der Waals surface area contributed by atoms with Crippen LogP contribution in [0.1, 0.15) is 38.9 Å². The molecule has 4 heterocycles. The van der Waals surface area contributed by atoms with Gasteiger partial charge in [0.25, 0.3) is 0 Å². The number of hydrogen-bond acceptors (Lipinski definition) is 8. The number of thioether (sulfide) groups is 1. The smallest absolute Gasteiger partial charge is 0.308 e. The lowest BCUT2D eigenvalue weighted by atomic mass is 9.92. The molecular formula is C23H33N5O4S. The molecule has 0 aromatic carbocycles. The van der Waals surface area contributed by atoms with E-state index in [9.17, 15) is 9.59 Å². The van der Waals surface area contributed by atoms with E-state index in [1.54, 1.807) is 6.26 Å². The van der Waals surface area contributed by atoms with E-state index < -0.39 is 0 Å². The lowest BCUT2D eigenvalue weighted by molar-refractivity contribution is -0.148. The van der Waals surface area contributed by atoms with Crippen LogP contribution >= 0.6 is 11.8 Å². The van der Waals surface area contributed by atoms with Gasteiger partial charge in [-0.3, -0.25) is 14.2 Å². The van der Waals surface area contributed by atoms with Gasteiger partial charge in [-0.25, -0.2) is 0 Å². The molecule has 0 N–H and O–H groups in total. The molecule has 0 saturated carbocycles. The molecule has 9 nitrogen and oxygen atoms in total. The molecule has 2 aliphatic heterocycles. The Labute approximate surface area is 198 Å². The van der Waals surface area contributed by atoms with Crippen molar-refractivity contribution in [2.24, 2.45) is 17.8 Å². The molecule has 1 amide bonds. The van der Waals surface area contributed by atoms with Gasteiger partial charge < -0.3 is 19.0 Å². The van der Waals surface area contributed by atoms with Crippen LogP contribution in [0.15, 0.2) is 28.0 Å². The number of carbonyl (C=O) groups is 2. The van der Waals surface area contributed by atoms with E-state index in [1.165, 1.54) is 25.3 Å². The molecule has 2 aromatic heterocycles. The summed E-state index contributed by atoms with van der Waals surface area (Å²) < 4.78 is 12.5. The summed E-state index contributed by atoms with van der Waals surface area (Å²) in [6.45, 7) is 8.11. The van der Waals surface area contributed by atoms with E-state index in [-0.39, 0.29) is 23.5 Å². The maximum absolute atomic E-state index is 12.8. The van der Waals surface area contributed by atoms with Crippen molar-refractivity contribution in [3.63, 3.8) is 0 Å². The Morgan fingerprint density at radius 3 is 2.55 bits per heavy atom. The molecule has 33 heavy (non-hydrogen) atoms. The van der Waals surface area contributed by atoms with Crippen molar-refractivity contribution in [3.8, 4) is 0 Å². The second kappa shape index (κ2) is 10.6. The summed E-state index contributed by atoms with van der Waals surface area (Å²) in [6, 6.07) is 3.81. The number of hydrogen-bond donors (Lipinski definition) is 0. The van der Waals surface area contributed by atoms with Crippen molar-refractivity contribution in [3.05, 3.63) is 24.2 Å². The van der Waals surface area contributed by atoms with Crippen LogP contribution in [0.25, 0.3) is 0 Å². The van der Waals surface area contributed by atoms with Crippen molar-refractivity contribution in [2.75, 3.05) is 43.9 Å². The van der Waals surface area contributed by atoms with Crippen LogP contribution in [0, 0.1) is 17.8 Å². The predicted octanol–water partition coefficient (Wildman–Crippen LogP) is 2.91. The van der Waals surface area contributed by atoms with Gasteiger partial charge in [-0.1, -0.05) is 25.6 Å². The molecule has 0 bridgehead atoms. The van der Waals surface area contributed by atoms with E-state index in [4.69, 9.17) is 9.15 Å². The third-order valence-corrected chi connectivity index (χ3v) is 7.40. The Morgan fingerprint density at radius 1 is 1.18 bits per heavy atom. The van der Waals surface area contributed by atoms with E-state index in [0.29, 0.717) is 49.5 Å². The summed E-state index contributed by atoms with van der Waals surface area (Å²) in [5.74, 6) is 2.88. The van der Waals surface area contributed by atoms with Crippen molar-refractivity contribution in [1.82, 2.24) is 19.7 Å². The zero-order valence-corrected chi connectivity index (χ0v) is 20.4. The normalized spacial score (nSPS) is 21.9. The second-order valence-corrected chi connectivity index (χ2v) is 10.2. The Kier molecular flexibility index (Phi) is 7.62. The van der Waals surface area contributed by atoms with Crippen LogP contribution < -0.4 is 4.90 Å². The molecule has 2 aromatic rings. The first-order valence-corrected chi connectivity index (χ1v) is 12.6. The molecular weight excluding hydrogens is 442 g/mol. The number of anilines is 1. The molecule has 4 rings (SSSR count). The summed E-state index contributed by atoms with van der Waals surface area (Å²) in [4.78, 5) is 28.7. The van der Waals surface area contributed by atoms with Crippen LogP contribution in [0.2, 0.25) is 0 Å². The number of furan rings is 1. The van der Waals surface area contributed by atoms with Crippen LogP contribution in [-0.2, 0) is 20.9 Å². The predicted molar refractivity (Wildman–Crippen MR) is 125 cm³/mol. The number of piperidine rings is 2. The molecule has 0 radical (unpaired) electrons. The number of methoxy groups -OCH3 is 1. The lowest BCUT2D eigenvalue weighted by Gasteiger charge is -2.35. The highest BCUT2D eigenvalue weighted by atomic mass is 32.2. The standard InChI is InChI=1S/C23H33N5O4S/c1-16-11-17(2)13-27(12-16)22-24-25-23(28(22)14-19-5-4-10-32-19)33-15-20(29)26-8-6-18(7-9-26)21(30)31-3/h4-5,10,16-18H,6-9,11-15H2,1-3H3. The first-order chi connectivity index (χ1) is 15.9. The van der Waals surface area contributed by atoms with Gasteiger partial charge >= 0.3 is 5.97 Å². The van der Waals surface area contributed by atoms with E-state index in [1.807, 2.05) is 17.0 Å². The second-order valence-electron chi connectivity index (χ2n) is 9.27. The van der Waals surface area contributed by atoms with Gasteiger partial charge in [0.15, 0.2) is 5.16 Å². The minimum absolute atomic E-state index is 0.0534. The number of amides is 1. The van der Waals surface area contributed by atoms with Gasteiger partial charge in [0.05, 0.1) is 31.6 Å². The highest BCUT2D eigenvalue weighted by Crippen LogP contribution is 2.29. The van der Waals surface area contributed by atoms with E-state index in [0.717, 1.165) is 24.8 Å². The lowest BCUT2D eigenvalue weighted by Crippen LogP contribution is -2.41. The van der Waals surface area contributed by atoms with Crippen LogP contribution in [-0.4, -0.2) is 70.6 Å². The Balaban J connectivity index is 1.43. The van der Waals surface area contributed by atoms with E-state index >= 15 is 0 Å². The fourth-order valence-corrected chi connectivity index (χ4v) is 5.73. The van der Waals surface area contributed by atoms with Crippen LogP contribution in [0.4, 0.5) is 5.95 Å². The van der Waals surface area contributed by atoms with Crippen molar-refractivity contribution < 1.29 is 18.7 Å². The summed E-state index contributed by atoms with van der Waals surface area (Å²) in [5.41, 5.74) is 0. The number of esters is 1. The maximum atomic E-state index is 12.8. The van der Waals surface area contributed by atoms with Crippen LogP contribution in [0.3, 0.4) is 0 Å². The minimum Gasteiger partial charge on any atom is -0.469 e. The first-order valence-electron chi connectivity index (χ1n) is 11.6. The van der Waals surface area contributed by atoms with Crippen molar-refractivity contribution in [1.29, 1.82) is 0 Å². The number of aromatic nitrogens is 3. The van der Waals surface area contributed by atoms with Gasteiger partial charge in [0.1, 0.15) is 5.76 Å². The Hall–Kier alpha value is -2.49. The molecule has 2 atom stereocenters. The maximum Gasteiger partial charge on any atom is 0.308 e. The molecule has 2 unspecified atom stereocenters. The number of rotatable bonds is 7. The Morgan fingerprint density at radius 2 is 1.91 bits per heavy atom. The number of likely N-dealkylation sites (tertiary alicyclic amines) is 1. The SMILES string of the molecule is COC(=O)C1CCN(C(=O)CSc2nnc(N3CC(C)CC(C)C3)n2Cc2ccco2)CC1. The monoisotopic (exact) mass is 475 g/mol. The van der Waals surface area contributed by atoms with Crippen molar-refractivity contribution in [2.45, 2.75) is 44.8 Å². The number of ether oxygens (including phenoxy) is 1. The fourth-order valence-electron chi connectivity index (χ4n) is 4.89. The molecule has 10 heteroatoms. The third kappa shape index (κ3) is 5.72. The summed E-state index contributed by atoms with van der Waals surface area (Å²) in [7, 11) is 1.41. The zero-order chi connectivity index (χ0) is 23.4. The van der Waals surface area contributed by atoms with Crippen molar-refractivity contribution >= 4 is 29.6 Å². The molecule has 180 valence electrons. The quantitative estimate of drug-likeness (QED) is 0.446. The molecule has 2 saturated heterocycles. The van der Waals surface area contributed by atoms with Gasteiger partial charge in [-0.05, 0) is 43.2 Å². The largest absolute Gasteiger partial charge is 0.469 e. The summed E-state index contributed by atoms with van der Waals surface area (Å²) in [6.07, 6.45) is 4.17. The summed E-state index contributed by atoms with van der Waals surface area (Å²) >= 11 is 1.41. The zero-order valence-electron chi connectivity index (χ0n) is 19.6. The van der Waals surface area contributed by atoms with E-state index in [2.05, 4.69) is 33.5 Å². The molecule has 2 aliphatic rings. The average molecular weight is 476 g/mol. The van der Waals surface area contributed by atoms with Gasteiger partial charge in [-0.2, -0.15) is 0 Å². The molecule has 0 spiro atoms. The summed E-state index contributed by atoms with van der Waals surface area (Å²) in [5, 5.41) is 9.68. The Bertz CT molecular complexity index is 929. The minimum atomic E-state index is -0.184. The van der Waals surface area contributed by atoms with Gasteiger partial charge in [0, 0.05) is 26.2 Å². The van der Waals surface area contributed by atoms with Gasteiger partial charge in [0.2, 0.25) is 11.9 Å². The molecule has 2 fully saturated rings. The topological polar surface area (TPSA) is 93.7 Å². The highest BCUT2D eigenvalue weighted by Gasteiger charge is 2.29. The number of carbonyl (C=O) groups excluding carboxylic acids is 2. The number of nitrogens with zero attached hydrogens (tertiary/aromatic N) is 5. The fraction of sp³-hybridized carbons (Fsp3) is 0.652. The van der Waals surface area contributed by atoms with Crippen LogP contribution in [0.5, 0.6) is 0 Å². The molecule has 0 aliphatic carbocycles. The third-order valence-electron chi connectivity index (χ3n) is 6.45.